The van der Waals surface area contributed by atoms with Gasteiger partial charge in [0.25, 0.3) is 0 Å². The predicted molar refractivity (Wildman–Crippen MR) is 84.9 cm³/mol. The molecule has 1 aromatic heterocycles. The van der Waals surface area contributed by atoms with Gasteiger partial charge in [-0.1, -0.05) is 24.3 Å². The van der Waals surface area contributed by atoms with Crippen LogP contribution in [-0.2, 0) is 12.0 Å². The van der Waals surface area contributed by atoms with E-state index in [-0.39, 0.29) is 5.54 Å². The smallest absolute Gasteiger partial charge is 0.0955 e. The first-order chi connectivity index (χ1) is 9.52. The molecule has 0 bridgehead atoms. The third kappa shape index (κ3) is 3.48. The molecular weight excluding hydrogens is 246 g/mol. The zero-order valence-electron chi connectivity index (χ0n) is 13.0. The summed E-state index contributed by atoms with van der Waals surface area (Å²) in [4.78, 5) is 4.30. The van der Waals surface area contributed by atoms with Crippen LogP contribution in [-0.4, -0.2) is 23.1 Å². The van der Waals surface area contributed by atoms with Crippen LogP contribution in [0.3, 0.4) is 0 Å². The zero-order chi connectivity index (χ0) is 14.6. The van der Waals surface area contributed by atoms with Crippen LogP contribution in [0.4, 0.5) is 0 Å². The SMILES string of the molecule is CNCCCc1ccc(-c2cncn2C(C)(C)C)cc1. The Bertz CT molecular complexity index is 532. The van der Waals surface area contributed by atoms with Crippen molar-refractivity contribution in [1.82, 2.24) is 14.9 Å². The topological polar surface area (TPSA) is 29.9 Å². The van der Waals surface area contributed by atoms with Gasteiger partial charge in [-0.3, -0.25) is 0 Å². The van der Waals surface area contributed by atoms with Crippen molar-refractivity contribution >= 4 is 0 Å². The number of nitrogens with one attached hydrogen (secondary N) is 1. The summed E-state index contributed by atoms with van der Waals surface area (Å²) in [6.45, 7) is 7.66. The van der Waals surface area contributed by atoms with E-state index in [2.05, 4.69) is 59.9 Å². The van der Waals surface area contributed by atoms with E-state index in [0.29, 0.717) is 0 Å². The maximum Gasteiger partial charge on any atom is 0.0955 e. The van der Waals surface area contributed by atoms with Crippen LogP contribution >= 0.6 is 0 Å². The third-order valence-electron chi connectivity index (χ3n) is 3.50. The van der Waals surface area contributed by atoms with Gasteiger partial charge >= 0.3 is 0 Å². The summed E-state index contributed by atoms with van der Waals surface area (Å²) in [5.74, 6) is 0. The fourth-order valence-electron chi connectivity index (χ4n) is 2.35. The van der Waals surface area contributed by atoms with E-state index in [1.54, 1.807) is 0 Å². The van der Waals surface area contributed by atoms with E-state index in [0.717, 1.165) is 13.0 Å². The van der Waals surface area contributed by atoms with Gasteiger partial charge in [-0.2, -0.15) is 0 Å². The number of rotatable bonds is 5. The Morgan fingerprint density at radius 2 is 1.85 bits per heavy atom. The number of imidazole rings is 1. The average Bonchev–Trinajstić information content (AvgIpc) is 2.89. The minimum atomic E-state index is 0.0529. The van der Waals surface area contributed by atoms with Crippen LogP contribution in [0.1, 0.15) is 32.8 Å². The molecule has 0 unspecified atom stereocenters. The second kappa shape index (κ2) is 6.23. The van der Waals surface area contributed by atoms with Crippen LogP contribution in [0, 0.1) is 0 Å². The van der Waals surface area contributed by atoms with Gasteiger partial charge in [0.1, 0.15) is 0 Å². The lowest BCUT2D eigenvalue weighted by Gasteiger charge is -2.23. The number of nitrogens with zero attached hydrogens (tertiary/aromatic N) is 2. The van der Waals surface area contributed by atoms with Crippen molar-refractivity contribution in [3.8, 4) is 11.3 Å². The van der Waals surface area contributed by atoms with Crippen molar-refractivity contribution in [1.29, 1.82) is 0 Å². The van der Waals surface area contributed by atoms with Crippen molar-refractivity contribution in [2.75, 3.05) is 13.6 Å². The van der Waals surface area contributed by atoms with Crippen molar-refractivity contribution in [3.05, 3.63) is 42.4 Å². The highest BCUT2D eigenvalue weighted by Crippen LogP contribution is 2.25. The molecule has 0 saturated carbocycles. The molecule has 0 fully saturated rings. The van der Waals surface area contributed by atoms with Gasteiger partial charge in [0, 0.05) is 5.54 Å². The Balaban J connectivity index is 2.16. The van der Waals surface area contributed by atoms with E-state index >= 15 is 0 Å². The summed E-state index contributed by atoms with van der Waals surface area (Å²) >= 11 is 0. The lowest BCUT2D eigenvalue weighted by Crippen LogP contribution is -2.21. The van der Waals surface area contributed by atoms with Gasteiger partial charge in [0.05, 0.1) is 18.2 Å². The fourth-order valence-corrected chi connectivity index (χ4v) is 2.35. The van der Waals surface area contributed by atoms with Crippen molar-refractivity contribution < 1.29 is 0 Å². The van der Waals surface area contributed by atoms with Gasteiger partial charge in [0.15, 0.2) is 0 Å². The summed E-state index contributed by atoms with van der Waals surface area (Å²) in [6, 6.07) is 8.86. The average molecular weight is 271 g/mol. The van der Waals surface area contributed by atoms with Gasteiger partial charge in [-0.05, 0) is 58.3 Å². The molecule has 2 rings (SSSR count). The van der Waals surface area contributed by atoms with Crippen LogP contribution < -0.4 is 5.32 Å². The summed E-state index contributed by atoms with van der Waals surface area (Å²) in [5.41, 5.74) is 3.86. The van der Waals surface area contributed by atoms with E-state index < -0.39 is 0 Å². The molecule has 0 radical (unpaired) electrons. The lowest BCUT2D eigenvalue weighted by atomic mass is 10.0. The van der Waals surface area contributed by atoms with E-state index in [9.17, 15) is 0 Å². The fraction of sp³-hybridized carbons (Fsp3) is 0.471. The Morgan fingerprint density at radius 3 is 2.45 bits per heavy atom. The second-order valence-electron chi connectivity index (χ2n) is 6.22. The minimum Gasteiger partial charge on any atom is -0.325 e. The molecule has 0 aliphatic heterocycles. The van der Waals surface area contributed by atoms with Gasteiger partial charge in [0.2, 0.25) is 0 Å². The van der Waals surface area contributed by atoms with Gasteiger partial charge in [-0.15, -0.1) is 0 Å². The second-order valence-corrected chi connectivity index (χ2v) is 6.22. The van der Waals surface area contributed by atoms with Crippen molar-refractivity contribution in [2.24, 2.45) is 0 Å². The number of hydrogen-bond acceptors (Lipinski definition) is 2. The molecule has 0 atom stereocenters. The van der Waals surface area contributed by atoms with E-state index in [1.807, 2.05) is 19.6 Å². The van der Waals surface area contributed by atoms with Crippen LogP contribution in [0.25, 0.3) is 11.3 Å². The Kier molecular flexibility index (Phi) is 4.61. The quantitative estimate of drug-likeness (QED) is 0.844. The van der Waals surface area contributed by atoms with Crippen molar-refractivity contribution in [3.63, 3.8) is 0 Å². The molecule has 20 heavy (non-hydrogen) atoms. The molecule has 3 heteroatoms. The van der Waals surface area contributed by atoms with Crippen molar-refractivity contribution in [2.45, 2.75) is 39.2 Å². The molecule has 1 heterocycles. The van der Waals surface area contributed by atoms with Gasteiger partial charge < -0.3 is 9.88 Å². The summed E-state index contributed by atoms with van der Waals surface area (Å²) in [6.07, 6.45) is 6.16. The van der Waals surface area contributed by atoms with Crippen LogP contribution in [0.2, 0.25) is 0 Å². The molecule has 0 amide bonds. The first-order valence-electron chi connectivity index (χ1n) is 7.29. The zero-order valence-corrected chi connectivity index (χ0v) is 13.0. The highest BCUT2D eigenvalue weighted by atomic mass is 15.1. The molecule has 0 spiro atoms. The molecule has 1 N–H and O–H groups in total. The highest BCUT2D eigenvalue weighted by molar-refractivity contribution is 5.59. The molecule has 1 aromatic carbocycles. The van der Waals surface area contributed by atoms with Gasteiger partial charge in [-0.25, -0.2) is 4.98 Å². The largest absolute Gasteiger partial charge is 0.325 e. The molecular formula is C17H25N3. The third-order valence-corrected chi connectivity index (χ3v) is 3.50. The number of benzene rings is 1. The summed E-state index contributed by atoms with van der Waals surface area (Å²) < 4.78 is 2.23. The number of aryl methyl sites for hydroxylation is 1. The first-order valence-corrected chi connectivity index (χ1v) is 7.29. The highest BCUT2D eigenvalue weighted by Gasteiger charge is 2.17. The first kappa shape index (κ1) is 14.8. The van der Waals surface area contributed by atoms with Crippen LogP contribution in [0.5, 0.6) is 0 Å². The minimum absolute atomic E-state index is 0.0529. The monoisotopic (exact) mass is 271 g/mol. The molecule has 3 nitrogen and oxygen atoms in total. The van der Waals surface area contributed by atoms with Crippen LogP contribution in [0.15, 0.2) is 36.8 Å². The standard InChI is InChI=1S/C17H25N3/c1-17(2,3)20-13-19-12-16(20)15-9-7-14(8-10-15)6-5-11-18-4/h7-10,12-13,18H,5-6,11H2,1-4H3. The molecule has 0 saturated heterocycles. The van der Waals surface area contributed by atoms with E-state index in [1.165, 1.54) is 23.2 Å². The summed E-state index contributed by atoms with van der Waals surface area (Å²) in [7, 11) is 2.00. The predicted octanol–water partition coefficient (Wildman–Crippen LogP) is 3.46. The maximum absolute atomic E-state index is 4.30. The number of aromatic nitrogens is 2. The van der Waals surface area contributed by atoms with E-state index in [4.69, 9.17) is 0 Å². The molecule has 0 aliphatic rings. The Morgan fingerprint density at radius 1 is 1.15 bits per heavy atom. The maximum atomic E-state index is 4.30. The summed E-state index contributed by atoms with van der Waals surface area (Å²) in [5, 5.41) is 3.18. The Labute approximate surface area is 122 Å². The molecule has 2 aromatic rings. The molecule has 0 aliphatic carbocycles. The lowest BCUT2D eigenvalue weighted by molar-refractivity contribution is 0.400. The normalized spacial score (nSPS) is 11.8. The Hall–Kier alpha value is -1.61. The molecule has 108 valence electrons. The number of hydrogen-bond donors (Lipinski definition) is 1.